The summed E-state index contributed by atoms with van der Waals surface area (Å²) in [6.45, 7) is 6.26. The summed E-state index contributed by atoms with van der Waals surface area (Å²) in [6.07, 6.45) is 1.75. The maximum Gasteiger partial charge on any atom is 0.243 e. The van der Waals surface area contributed by atoms with Gasteiger partial charge in [-0.3, -0.25) is 9.59 Å². The molecule has 2 aromatic carbocycles. The monoisotopic (exact) mass is 446 g/mol. The number of carbonyl (C=O) groups excluding carboxylic acids is 2. The number of hydrogen-bond donors (Lipinski definition) is 1. The van der Waals surface area contributed by atoms with Crippen LogP contribution in [-0.4, -0.2) is 34.6 Å². The average Bonchev–Trinajstić information content (AvgIpc) is 2.75. The van der Waals surface area contributed by atoms with E-state index in [9.17, 15) is 9.59 Å². The second-order valence-electron chi connectivity index (χ2n) is 7.27. The SMILES string of the molecule is CC[C@H](C(=O)N[C@@H](C)CC)N(Cc1ccccc1Cl)C(=O)CCSc1ccccc1. The maximum absolute atomic E-state index is 13.2. The van der Waals surface area contributed by atoms with Crippen LogP contribution in [0.2, 0.25) is 5.02 Å². The number of rotatable bonds is 11. The molecule has 0 spiro atoms. The second-order valence-corrected chi connectivity index (χ2v) is 8.84. The van der Waals surface area contributed by atoms with Gasteiger partial charge in [0.05, 0.1) is 0 Å². The van der Waals surface area contributed by atoms with Gasteiger partial charge in [0.1, 0.15) is 6.04 Å². The Hall–Kier alpha value is -1.98. The molecule has 2 atom stereocenters. The average molecular weight is 447 g/mol. The Balaban J connectivity index is 2.15. The van der Waals surface area contributed by atoms with E-state index >= 15 is 0 Å². The van der Waals surface area contributed by atoms with Crippen molar-refractivity contribution in [3.63, 3.8) is 0 Å². The minimum absolute atomic E-state index is 0.0375. The lowest BCUT2D eigenvalue weighted by Gasteiger charge is -2.31. The number of benzene rings is 2. The number of hydrogen-bond acceptors (Lipinski definition) is 3. The van der Waals surface area contributed by atoms with E-state index in [1.54, 1.807) is 16.7 Å². The highest BCUT2D eigenvalue weighted by Crippen LogP contribution is 2.22. The summed E-state index contributed by atoms with van der Waals surface area (Å²) in [5.74, 6) is 0.512. The van der Waals surface area contributed by atoms with Crippen LogP contribution in [0.15, 0.2) is 59.5 Å². The zero-order valence-corrected chi connectivity index (χ0v) is 19.5. The van der Waals surface area contributed by atoms with E-state index in [4.69, 9.17) is 11.6 Å². The van der Waals surface area contributed by atoms with Gasteiger partial charge in [-0.1, -0.05) is 61.8 Å². The molecule has 162 valence electrons. The van der Waals surface area contributed by atoms with Crippen LogP contribution in [0.1, 0.15) is 45.6 Å². The predicted molar refractivity (Wildman–Crippen MR) is 126 cm³/mol. The lowest BCUT2D eigenvalue weighted by atomic mass is 10.1. The van der Waals surface area contributed by atoms with E-state index in [0.29, 0.717) is 30.2 Å². The topological polar surface area (TPSA) is 49.4 Å². The molecule has 0 fully saturated rings. The molecule has 0 aliphatic carbocycles. The molecule has 0 aliphatic heterocycles. The molecule has 0 saturated carbocycles. The molecule has 2 aromatic rings. The highest BCUT2D eigenvalue weighted by atomic mass is 35.5. The van der Waals surface area contributed by atoms with Crippen LogP contribution >= 0.6 is 23.4 Å². The molecule has 6 heteroatoms. The van der Waals surface area contributed by atoms with Gasteiger partial charge in [0, 0.05) is 34.7 Å². The van der Waals surface area contributed by atoms with Gasteiger partial charge in [-0.15, -0.1) is 11.8 Å². The lowest BCUT2D eigenvalue weighted by Crippen LogP contribution is -2.50. The molecule has 2 amide bonds. The van der Waals surface area contributed by atoms with Crippen LogP contribution < -0.4 is 5.32 Å². The van der Waals surface area contributed by atoms with Gasteiger partial charge in [0.25, 0.3) is 0 Å². The number of nitrogens with one attached hydrogen (secondary N) is 1. The summed E-state index contributed by atoms with van der Waals surface area (Å²) < 4.78 is 0. The summed E-state index contributed by atoms with van der Waals surface area (Å²) in [7, 11) is 0. The maximum atomic E-state index is 13.2. The van der Waals surface area contributed by atoms with E-state index in [0.717, 1.165) is 16.9 Å². The number of thioether (sulfide) groups is 1. The van der Waals surface area contributed by atoms with E-state index in [2.05, 4.69) is 5.32 Å². The van der Waals surface area contributed by atoms with Crippen molar-refractivity contribution < 1.29 is 9.59 Å². The Morgan fingerprint density at radius 2 is 1.70 bits per heavy atom. The molecule has 0 radical (unpaired) electrons. The van der Waals surface area contributed by atoms with Crippen molar-refractivity contribution in [2.24, 2.45) is 0 Å². The van der Waals surface area contributed by atoms with Crippen LogP contribution in [0.4, 0.5) is 0 Å². The fourth-order valence-electron chi connectivity index (χ4n) is 3.09. The lowest BCUT2D eigenvalue weighted by molar-refractivity contribution is -0.141. The highest BCUT2D eigenvalue weighted by molar-refractivity contribution is 7.99. The number of halogens is 1. The zero-order chi connectivity index (χ0) is 21.9. The summed E-state index contributed by atoms with van der Waals surface area (Å²) >= 11 is 7.99. The summed E-state index contributed by atoms with van der Waals surface area (Å²) in [5, 5.41) is 3.63. The van der Waals surface area contributed by atoms with E-state index < -0.39 is 6.04 Å². The van der Waals surface area contributed by atoms with Crippen molar-refractivity contribution in [2.45, 2.75) is 63.6 Å². The Morgan fingerprint density at radius 1 is 1.03 bits per heavy atom. The van der Waals surface area contributed by atoms with Crippen molar-refractivity contribution in [2.75, 3.05) is 5.75 Å². The summed E-state index contributed by atoms with van der Waals surface area (Å²) in [4.78, 5) is 28.9. The first kappa shape index (κ1) is 24.3. The second kappa shape index (κ2) is 12.7. The first-order chi connectivity index (χ1) is 14.5. The van der Waals surface area contributed by atoms with Gasteiger partial charge >= 0.3 is 0 Å². The highest BCUT2D eigenvalue weighted by Gasteiger charge is 2.29. The predicted octanol–water partition coefficient (Wildman–Crippen LogP) is 5.54. The molecule has 4 nitrogen and oxygen atoms in total. The molecule has 0 bridgehead atoms. The Kier molecular flexibility index (Phi) is 10.2. The van der Waals surface area contributed by atoms with Crippen LogP contribution in [0.5, 0.6) is 0 Å². The van der Waals surface area contributed by atoms with Gasteiger partial charge in [-0.25, -0.2) is 0 Å². The van der Waals surface area contributed by atoms with E-state index in [1.807, 2.05) is 75.4 Å². The third-order valence-electron chi connectivity index (χ3n) is 5.01. The van der Waals surface area contributed by atoms with E-state index in [1.165, 1.54) is 0 Å². The molecule has 1 N–H and O–H groups in total. The molecule has 0 unspecified atom stereocenters. The number of nitrogens with zero attached hydrogens (tertiary/aromatic N) is 1. The first-order valence-corrected chi connectivity index (χ1v) is 11.8. The molecule has 0 aromatic heterocycles. The fraction of sp³-hybridized carbons (Fsp3) is 0.417. The normalized spacial score (nSPS) is 12.8. The third kappa shape index (κ3) is 7.37. The largest absolute Gasteiger partial charge is 0.352 e. The van der Waals surface area contributed by atoms with E-state index in [-0.39, 0.29) is 17.9 Å². The standard InChI is InChI=1S/C24H31ClN2O2S/c1-4-18(3)26-24(29)22(5-2)27(17-19-11-9-10-14-21(19)25)23(28)15-16-30-20-12-7-6-8-13-20/h6-14,18,22H,4-5,15-17H2,1-3H3,(H,26,29)/t18-,22+/m0/s1. The van der Waals surface area contributed by atoms with Gasteiger partial charge in [-0.2, -0.15) is 0 Å². The Labute approximate surface area is 189 Å². The van der Waals surface area contributed by atoms with Crippen LogP contribution in [0.25, 0.3) is 0 Å². The Morgan fingerprint density at radius 3 is 2.33 bits per heavy atom. The zero-order valence-electron chi connectivity index (χ0n) is 17.9. The molecule has 0 saturated heterocycles. The number of carbonyl (C=O) groups is 2. The fourth-order valence-corrected chi connectivity index (χ4v) is 4.14. The van der Waals surface area contributed by atoms with Crippen LogP contribution in [-0.2, 0) is 16.1 Å². The van der Waals surface area contributed by atoms with Crippen molar-refractivity contribution in [3.05, 3.63) is 65.2 Å². The summed E-state index contributed by atoms with van der Waals surface area (Å²) in [6, 6.07) is 17.0. The minimum atomic E-state index is -0.524. The number of amides is 2. The molecule has 30 heavy (non-hydrogen) atoms. The van der Waals surface area contributed by atoms with Crippen molar-refractivity contribution in [1.29, 1.82) is 0 Å². The molecule has 0 aliphatic rings. The first-order valence-electron chi connectivity index (χ1n) is 10.5. The molecular formula is C24H31ClN2O2S. The van der Waals surface area contributed by atoms with Gasteiger partial charge in [0.15, 0.2) is 0 Å². The van der Waals surface area contributed by atoms with Gasteiger partial charge in [0.2, 0.25) is 11.8 Å². The molecular weight excluding hydrogens is 416 g/mol. The van der Waals surface area contributed by atoms with Crippen molar-refractivity contribution in [1.82, 2.24) is 10.2 Å². The Bertz CT molecular complexity index is 816. The molecule has 0 heterocycles. The summed E-state index contributed by atoms with van der Waals surface area (Å²) in [5.41, 5.74) is 0.845. The quantitative estimate of drug-likeness (QED) is 0.460. The van der Waals surface area contributed by atoms with Crippen molar-refractivity contribution >= 4 is 35.2 Å². The molecule has 2 rings (SSSR count). The minimum Gasteiger partial charge on any atom is -0.352 e. The van der Waals surface area contributed by atoms with Crippen LogP contribution in [0.3, 0.4) is 0 Å². The van der Waals surface area contributed by atoms with Crippen molar-refractivity contribution in [3.8, 4) is 0 Å². The van der Waals surface area contributed by atoms with Gasteiger partial charge < -0.3 is 10.2 Å². The smallest absolute Gasteiger partial charge is 0.243 e. The van der Waals surface area contributed by atoms with Crippen LogP contribution in [0, 0.1) is 0 Å². The van der Waals surface area contributed by atoms with Gasteiger partial charge in [-0.05, 0) is 43.5 Å². The third-order valence-corrected chi connectivity index (χ3v) is 6.40.